The van der Waals surface area contributed by atoms with Gasteiger partial charge in [0.15, 0.2) is 0 Å². The number of hydrogen-bond acceptors (Lipinski definition) is 4. The van der Waals surface area contributed by atoms with Crippen LogP contribution in [-0.2, 0) is 26.6 Å². The molecule has 18 heavy (non-hydrogen) atoms. The lowest BCUT2D eigenvalue weighted by molar-refractivity contribution is 0.0867. The maximum Gasteiger partial charge on any atom is 0.148 e. The normalized spacial score (nSPS) is 12.7. The fraction of sp³-hybridized carbons (Fsp3) is 0.538. The van der Waals surface area contributed by atoms with E-state index in [9.17, 15) is 8.42 Å². The van der Waals surface area contributed by atoms with Crippen molar-refractivity contribution in [2.75, 3.05) is 19.1 Å². The minimum absolute atomic E-state index is 0.148. The van der Waals surface area contributed by atoms with Crippen LogP contribution >= 0.6 is 0 Å². The molecule has 0 bridgehead atoms. The Bertz CT molecular complexity index is 477. The van der Waals surface area contributed by atoms with Gasteiger partial charge in [-0.1, -0.05) is 38.1 Å². The molecule has 0 saturated heterocycles. The summed E-state index contributed by atoms with van der Waals surface area (Å²) in [5, 5.41) is 0. The third-order valence-corrected chi connectivity index (χ3v) is 4.03. The van der Waals surface area contributed by atoms with Crippen molar-refractivity contribution in [1.82, 2.24) is 5.48 Å². The molecule has 0 aliphatic carbocycles. The Labute approximate surface area is 109 Å². The summed E-state index contributed by atoms with van der Waals surface area (Å²) in [6.45, 7) is 4.51. The summed E-state index contributed by atoms with van der Waals surface area (Å²) < 4.78 is 22.8. The lowest BCUT2D eigenvalue weighted by atomic mass is 9.86. The third kappa shape index (κ3) is 4.76. The van der Waals surface area contributed by atoms with E-state index < -0.39 is 9.84 Å². The second-order valence-corrected chi connectivity index (χ2v) is 7.32. The van der Waals surface area contributed by atoms with Gasteiger partial charge in [-0.05, 0) is 11.1 Å². The number of rotatable bonds is 6. The number of hydrogen-bond donors (Lipinski definition) is 1. The van der Waals surface area contributed by atoms with Crippen LogP contribution in [0.5, 0.6) is 0 Å². The molecule has 0 unspecified atom stereocenters. The minimum atomic E-state index is -2.99. The van der Waals surface area contributed by atoms with Gasteiger partial charge < -0.3 is 4.84 Å². The van der Waals surface area contributed by atoms with Crippen LogP contribution in [0.4, 0.5) is 0 Å². The van der Waals surface area contributed by atoms with Crippen LogP contribution in [0, 0.1) is 0 Å². The fourth-order valence-electron chi connectivity index (χ4n) is 1.97. The van der Waals surface area contributed by atoms with Gasteiger partial charge in [0.05, 0.1) is 12.9 Å². The zero-order valence-electron chi connectivity index (χ0n) is 11.4. The molecule has 4 nitrogen and oxygen atoms in total. The SMILES string of the molecule is CONCc1ccc(C(C)(C)CS(C)(=O)=O)cc1. The second kappa shape index (κ2) is 5.82. The molecule has 1 rings (SSSR count). The average molecular weight is 271 g/mol. The molecule has 1 aromatic rings. The molecule has 0 heterocycles. The molecule has 0 fully saturated rings. The molecule has 0 saturated carbocycles. The van der Waals surface area contributed by atoms with Crippen LogP contribution in [0.25, 0.3) is 0 Å². The second-order valence-electron chi connectivity index (χ2n) is 5.18. The van der Waals surface area contributed by atoms with E-state index >= 15 is 0 Å². The van der Waals surface area contributed by atoms with Crippen molar-refractivity contribution in [3.63, 3.8) is 0 Å². The molecule has 0 atom stereocenters. The molecular formula is C13H21NO3S. The van der Waals surface area contributed by atoms with Gasteiger partial charge in [0.25, 0.3) is 0 Å². The third-order valence-electron chi connectivity index (χ3n) is 2.78. The maximum atomic E-state index is 11.4. The lowest BCUT2D eigenvalue weighted by Gasteiger charge is -2.24. The van der Waals surface area contributed by atoms with Crippen LogP contribution in [0.15, 0.2) is 24.3 Å². The van der Waals surface area contributed by atoms with Crippen molar-refractivity contribution >= 4 is 9.84 Å². The predicted molar refractivity (Wildman–Crippen MR) is 73.0 cm³/mol. The molecule has 0 aliphatic heterocycles. The van der Waals surface area contributed by atoms with Gasteiger partial charge in [-0.15, -0.1) is 0 Å². The highest BCUT2D eigenvalue weighted by Gasteiger charge is 2.25. The van der Waals surface area contributed by atoms with E-state index in [0.29, 0.717) is 6.54 Å². The molecule has 0 amide bonds. The minimum Gasteiger partial charge on any atom is -0.305 e. The summed E-state index contributed by atoms with van der Waals surface area (Å²) in [7, 11) is -1.41. The summed E-state index contributed by atoms with van der Waals surface area (Å²) >= 11 is 0. The van der Waals surface area contributed by atoms with Gasteiger partial charge in [0.2, 0.25) is 0 Å². The topological polar surface area (TPSA) is 55.4 Å². The monoisotopic (exact) mass is 271 g/mol. The Morgan fingerprint density at radius 2 is 1.78 bits per heavy atom. The smallest absolute Gasteiger partial charge is 0.148 e. The first-order valence-electron chi connectivity index (χ1n) is 5.77. The van der Waals surface area contributed by atoms with E-state index in [1.165, 1.54) is 6.26 Å². The molecule has 1 N–H and O–H groups in total. The van der Waals surface area contributed by atoms with Crippen molar-refractivity contribution in [2.45, 2.75) is 25.8 Å². The number of sulfone groups is 1. The van der Waals surface area contributed by atoms with Gasteiger partial charge in [-0.25, -0.2) is 8.42 Å². The molecule has 5 heteroatoms. The van der Waals surface area contributed by atoms with Gasteiger partial charge in [-0.2, -0.15) is 5.48 Å². The van der Waals surface area contributed by atoms with E-state index in [2.05, 4.69) is 5.48 Å². The quantitative estimate of drug-likeness (QED) is 0.800. The largest absolute Gasteiger partial charge is 0.305 e. The Balaban J connectivity index is 2.83. The summed E-state index contributed by atoms with van der Waals surface area (Å²) in [6.07, 6.45) is 1.27. The standard InChI is InChI=1S/C13H21NO3S/c1-13(2,10-18(4,15)16)12-7-5-11(6-8-12)9-14-17-3/h5-8,14H,9-10H2,1-4H3. The highest BCUT2D eigenvalue weighted by molar-refractivity contribution is 7.90. The van der Waals surface area contributed by atoms with Crippen LogP contribution in [0.1, 0.15) is 25.0 Å². The lowest BCUT2D eigenvalue weighted by Crippen LogP contribution is -2.27. The van der Waals surface area contributed by atoms with Crippen molar-refractivity contribution in [1.29, 1.82) is 0 Å². The first-order chi connectivity index (χ1) is 8.24. The van der Waals surface area contributed by atoms with Gasteiger partial charge in [0.1, 0.15) is 9.84 Å². The van der Waals surface area contributed by atoms with Crippen LogP contribution < -0.4 is 5.48 Å². The molecule has 0 spiro atoms. The summed E-state index contributed by atoms with van der Waals surface area (Å²) in [6, 6.07) is 7.90. The van der Waals surface area contributed by atoms with E-state index in [1.807, 2.05) is 38.1 Å². The predicted octanol–water partition coefficient (Wildman–Crippen LogP) is 1.66. The van der Waals surface area contributed by atoms with E-state index in [-0.39, 0.29) is 11.2 Å². The van der Waals surface area contributed by atoms with Gasteiger partial charge >= 0.3 is 0 Å². The molecule has 0 radical (unpaired) electrons. The van der Waals surface area contributed by atoms with Gasteiger partial charge in [0, 0.05) is 18.2 Å². The molecule has 0 aliphatic rings. The van der Waals surface area contributed by atoms with Crippen LogP contribution in [0.2, 0.25) is 0 Å². The number of benzene rings is 1. The number of nitrogens with one attached hydrogen (secondary N) is 1. The number of hydroxylamine groups is 1. The highest BCUT2D eigenvalue weighted by atomic mass is 32.2. The Morgan fingerprint density at radius 1 is 1.22 bits per heavy atom. The fourth-order valence-corrected chi connectivity index (χ4v) is 3.45. The Morgan fingerprint density at radius 3 is 2.22 bits per heavy atom. The Kier molecular flexibility index (Phi) is 4.90. The molecular weight excluding hydrogens is 250 g/mol. The van der Waals surface area contributed by atoms with Crippen LogP contribution in [-0.4, -0.2) is 27.5 Å². The highest BCUT2D eigenvalue weighted by Crippen LogP contribution is 2.25. The molecule has 1 aromatic carbocycles. The zero-order valence-corrected chi connectivity index (χ0v) is 12.2. The van der Waals surface area contributed by atoms with E-state index in [0.717, 1.165) is 11.1 Å². The maximum absolute atomic E-state index is 11.4. The summed E-state index contributed by atoms with van der Waals surface area (Å²) in [5.74, 6) is 0.148. The molecule has 0 aromatic heterocycles. The summed E-state index contributed by atoms with van der Waals surface area (Å²) in [4.78, 5) is 4.78. The average Bonchev–Trinajstić information content (AvgIpc) is 2.23. The molecule has 102 valence electrons. The van der Waals surface area contributed by atoms with Crippen molar-refractivity contribution in [3.8, 4) is 0 Å². The Hall–Kier alpha value is -0.910. The first-order valence-corrected chi connectivity index (χ1v) is 7.84. The van der Waals surface area contributed by atoms with Crippen molar-refractivity contribution in [2.24, 2.45) is 0 Å². The first kappa shape index (κ1) is 15.1. The van der Waals surface area contributed by atoms with Crippen LogP contribution in [0.3, 0.4) is 0 Å². The zero-order chi connectivity index (χ0) is 13.8. The van der Waals surface area contributed by atoms with E-state index in [1.54, 1.807) is 7.11 Å². The van der Waals surface area contributed by atoms with E-state index in [4.69, 9.17) is 4.84 Å². The summed E-state index contributed by atoms with van der Waals surface area (Å²) in [5.41, 5.74) is 4.51. The van der Waals surface area contributed by atoms with Gasteiger partial charge in [-0.3, -0.25) is 0 Å². The van der Waals surface area contributed by atoms with Crippen molar-refractivity contribution < 1.29 is 13.3 Å². The van der Waals surface area contributed by atoms with Crippen molar-refractivity contribution in [3.05, 3.63) is 35.4 Å².